The second kappa shape index (κ2) is 4.60. The van der Waals surface area contributed by atoms with E-state index in [-0.39, 0.29) is 11.3 Å². The van der Waals surface area contributed by atoms with Gasteiger partial charge in [0.05, 0.1) is 11.3 Å². The summed E-state index contributed by atoms with van der Waals surface area (Å²) in [4.78, 5) is 10.7. The molecule has 94 valence electrons. The van der Waals surface area contributed by atoms with E-state index in [1.165, 1.54) is 22.8 Å². The molecule has 0 bridgehead atoms. The fourth-order valence-electron chi connectivity index (χ4n) is 1.82. The molecule has 5 heteroatoms. The van der Waals surface area contributed by atoms with Crippen LogP contribution < -0.4 is 0 Å². The molecule has 0 fully saturated rings. The average Bonchev–Trinajstić information content (AvgIpc) is 2.71. The molecule has 0 aliphatic rings. The molecule has 1 aromatic carbocycles. The highest BCUT2D eigenvalue weighted by Crippen LogP contribution is 2.27. The van der Waals surface area contributed by atoms with Crippen LogP contribution in [-0.2, 0) is 7.05 Å². The number of hydrogen-bond acceptors (Lipinski definition) is 1. The van der Waals surface area contributed by atoms with Crippen LogP contribution in [0.2, 0.25) is 0 Å². The number of alkyl halides is 2. The van der Waals surface area contributed by atoms with E-state index in [0.29, 0.717) is 11.3 Å². The number of carboxylic acids is 1. The minimum absolute atomic E-state index is 0.0627. The minimum Gasteiger partial charge on any atom is -0.478 e. The van der Waals surface area contributed by atoms with Crippen molar-refractivity contribution in [1.82, 2.24) is 4.57 Å². The Morgan fingerprint density at radius 1 is 1.17 bits per heavy atom. The van der Waals surface area contributed by atoms with Crippen LogP contribution in [0, 0.1) is 0 Å². The molecule has 1 aromatic heterocycles. The average molecular weight is 251 g/mol. The van der Waals surface area contributed by atoms with Gasteiger partial charge in [-0.15, -0.1) is 0 Å². The van der Waals surface area contributed by atoms with E-state index >= 15 is 0 Å². The third kappa shape index (κ3) is 2.11. The smallest absolute Gasteiger partial charge is 0.335 e. The SMILES string of the molecule is Cn1c(-c2ccc(C(=O)O)cc2)ccc1C(F)F. The number of carboxylic acid groups (broad SMARTS) is 1. The van der Waals surface area contributed by atoms with Crippen molar-refractivity contribution in [3.63, 3.8) is 0 Å². The molecule has 1 N–H and O–H groups in total. The zero-order valence-electron chi connectivity index (χ0n) is 9.60. The normalized spacial score (nSPS) is 10.9. The van der Waals surface area contributed by atoms with E-state index in [9.17, 15) is 13.6 Å². The van der Waals surface area contributed by atoms with Crippen molar-refractivity contribution in [3.8, 4) is 11.3 Å². The summed E-state index contributed by atoms with van der Waals surface area (Å²) in [6.45, 7) is 0. The molecule has 0 atom stereocenters. The Balaban J connectivity index is 2.40. The van der Waals surface area contributed by atoms with Crippen LogP contribution in [0.15, 0.2) is 36.4 Å². The van der Waals surface area contributed by atoms with Crippen molar-refractivity contribution >= 4 is 5.97 Å². The summed E-state index contributed by atoms with van der Waals surface area (Å²) in [6, 6.07) is 9.07. The van der Waals surface area contributed by atoms with Crippen LogP contribution in [0.5, 0.6) is 0 Å². The fraction of sp³-hybridized carbons (Fsp3) is 0.154. The second-order valence-electron chi connectivity index (χ2n) is 3.89. The Morgan fingerprint density at radius 3 is 2.22 bits per heavy atom. The highest BCUT2D eigenvalue weighted by molar-refractivity contribution is 5.88. The third-order valence-corrected chi connectivity index (χ3v) is 2.81. The maximum Gasteiger partial charge on any atom is 0.335 e. The lowest BCUT2D eigenvalue weighted by Crippen LogP contribution is -1.99. The van der Waals surface area contributed by atoms with Gasteiger partial charge in [-0.05, 0) is 29.8 Å². The number of benzene rings is 1. The molecule has 3 nitrogen and oxygen atoms in total. The molecule has 0 spiro atoms. The number of nitrogens with zero attached hydrogens (tertiary/aromatic N) is 1. The van der Waals surface area contributed by atoms with E-state index in [4.69, 9.17) is 5.11 Å². The maximum absolute atomic E-state index is 12.6. The Labute approximate surface area is 102 Å². The third-order valence-electron chi connectivity index (χ3n) is 2.81. The van der Waals surface area contributed by atoms with Crippen LogP contribution in [0.25, 0.3) is 11.3 Å². The van der Waals surface area contributed by atoms with Gasteiger partial charge in [0.15, 0.2) is 0 Å². The first kappa shape index (κ1) is 12.3. The van der Waals surface area contributed by atoms with Gasteiger partial charge in [0.1, 0.15) is 0 Å². The number of aromatic carboxylic acids is 1. The highest BCUT2D eigenvalue weighted by Gasteiger charge is 2.14. The molecule has 0 amide bonds. The molecule has 18 heavy (non-hydrogen) atoms. The Kier molecular flexibility index (Phi) is 3.14. The molecule has 2 rings (SSSR count). The van der Waals surface area contributed by atoms with Gasteiger partial charge in [-0.3, -0.25) is 0 Å². The lowest BCUT2D eigenvalue weighted by atomic mass is 10.1. The molecular weight excluding hydrogens is 240 g/mol. The fourth-order valence-corrected chi connectivity index (χ4v) is 1.82. The van der Waals surface area contributed by atoms with Crippen LogP contribution in [0.4, 0.5) is 8.78 Å². The van der Waals surface area contributed by atoms with Crippen molar-refractivity contribution in [3.05, 3.63) is 47.7 Å². The maximum atomic E-state index is 12.6. The number of carbonyl (C=O) groups is 1. The summed E-state index contributed by atoms with van der Waals surface area (Å²) in [5, 5.41) is 8.77. The van der Waals surface area contributed by atoms with Gasteiger partial charge in [-0.1, -0.05) is 12.1 Å². The van der Waals surface area contributed by atoms with Gasteiger partial charge < -0.3 is 9.67 Å². The van der Waals surface area contributed by atoms with Gasteiger partial charge in [-0.2, -0.15) is 0 Å². The van der Waals surface area contributed by atoms with Gasteiger partial charge in [0, 0.05) is 12.7 Å². The molecule has 0 aliphatic carbocycles. The molecule has 0 aliphatic heterocycles. The highest BCUT2D eigenvalue weighted by atomic mass is 19.3. The van der Waals surface area contributed by atoms with E-state index < -0.39 is 12.4 Å². The van der Waals surface area contributed by atoms with Gasteiger partial charge in [0.25, 0.3) is 6.43 Å². The van der Waals surface area contributed by atoms with E-state index in [1.807, 2.05) is 0 Å². The lowest BCUT2D eigenvalue weighted by Gasteiger charge is -2.07. The Hall–Kier alpha value is -2.17. The molecular formula is C13H11F2NO2. The van der Waals surface area contributed by atoms with Crippen LogP contribution in [0.1, 0.15) is 22.5 Å². The first-order valence-corrected chi connectivity index (χ1v) is 5.28. The van der Waals surface area contributed by atoms with Gasteiger partial charge >= 0.3 is 5.97 Å². The topological polar surface area (TPSA) is 42.2 Å². The van der Waals surface area contributed by atoms with E-state index in [1.54, 1.807) is 25.2 Å². The summed E-state index contributed by atoms with van der Waals surface area (Å²) in [5.74, 6) is -1.01. The second-order valence-corrected chi connectivity index (χ2v) is 3.89. The number of rotatable bonds is 3. The summed E-state index contributed by atoms with van der Waals surface area (Å²) < 4.78 is 26.7. The molecule has 0 radical (unpaired) electrons. The number of aromatic nitrogens is 1. The van der Waals surface area contributed by atoms with E-state index in [0.717, 1.165) is 0 Å². The molecule has 0 saturated carbocycles. The Morgan fingerprint density at radius 2 is 1.78 bits per heavy atom. The van der Waals surface area contributed by atoms with Crippen LogP contribution >= 0.6 is 0 Å². The minimum atomic E-state index is -2.53. The van der Waals surface area contributed by atoms with Crippen LogP contribution in [-0.4, -0.2) is 15.6 Å². The summed E-state index contributed by atoms with van der Waals surface area (Å²) in [7, 11) is 1.56. The lowest BCUT2D eigenvalue weighted by molar-refractivity contribution is 0.0697. The van der Waals surface area contributed by atoms with Crippen LogP contribution in [0.3, 0.4) is 0 Å². The molecule has 0 saturated heterocycles. The van der Waals surface area contributed by atoms with Gasteiger partial charge in [-0.25, -0.2) is 13.6 Å². The van der Waals surface area contributed by atoms with Crippen molar-refractivity contribution in [2.45, 2.75) is 6.43 Å². The zero-order valence-corrected chi connectivity index (χ0v) is 9.60. The zero-order chi connectivity index (χ0) is 13.3. The van der Waals surface area contributed by atoms with E-state index in [2.05, 4.69) is 0 Å². The molecule has 0 unspecified atom stereocenters. The molecule has 1 heterocycles. The number of halogens is 2. The number of hydrogen-bond donors (Lipinski definition) is 1. The molecule has 2 aromatic rings. The largest absolute Gasteiger partial charge is 0.478 e. The first-order chi connectivity index (χ1) is 8.50. The monoisotopic (exact) mass is 251 g/mol. The summed E-state index contributed by atoms with van der Waals surface area (Å²) in [6.07, 6.45) is -2.53. The van der Waals surface area contributed by atoms with Gasteiger partial charge in [0.2, 0.25) is 0 Å². The standard InChI is InChI=1S/C13H11F2NO2/c1-16-10(6-7-11(16)12(14)15)8-2-4-9(5-3-8)13(17)18/h2-7,12H,1H3,(H,17,18). The Bertz CT molecular complexity index is 573. The quantitative estimate of drug-likeness (QED) is 0.909. The first-order valence-electron chi connectivity index (χ1n) is 5.28. The summed E-state index contributed by atoms with van der Waals surface area (Å²) in [5.41, 5.74) is 1.44. The van der Waals surface area contributed by atoms with Crippen molar-refractivity contribution in [1.29, 1.82) is 0 Å². The predicted molar refractivity (Wildman–Crippen MR) is 62.8 cm³/mol. The van der Waals surface area contributed by atoms with Crippen molar-refractivity contribution < 1.29 is 18.7 Å². The van der Waals surface area contributed by atoms with Crippen molar-refractivity contribution in [2.75, 3.05) is 0 Å². The summed E-state index contributed by atoms with van der Waals surface area (Å²) >= 11 is 0. The predicted octanol–water partition coefficient (Wildman–Crippen LogP) is 3.33. The van der Waals surface area contributed by atoms with Crippen molar-refractivity contribution in [2.24, 2.45) is 7.05 Å².